The Labute approximate surface area is 135 Å². The summed E-state index contributed by atoms with van der Waals surface area (Å²) in [7, 11) is 0. The molecule has 0 atom stereocenters. The molecule has 21 heavy (non-hydrogen) atoms. The SMILES string of the molecule is CCCc1ccc(OCc2c(Br)c(CC)nn2CC)cc1. The van der Waals surface area contributed by atoms with Crippen molar-refractivity contribution in [2.24, 2.45) is 0 Å². The second-order valence-corrected chi connectivity index (χ2v) is 5.85. The molecule has 114 valence electrons. The minimum absolute atomic E-state index is 0.536. The van der Waals surface area contributed by atoms with Crippen molar-refractivity contribution in [3.05, 3.63) is 45.7 Å². The smallest absolute Gasteiger partial charge is 0.131 e. The van der Waals surface area contributed by atoms with Gasteiger partial charge >= 0.3 is 0 Å². The van der Waals surface area contributed by atoms with Gasteiger partial charge in [0.1, 0.15) is 12.4 Å². The number of nitrogens with zero attached hydrogens (tertiary/aromatic N) is 2. The first-order chi connectivity index (χ1) is 10.2. The lowest BCUT2D eigenvalue weighted by atomic mass is 10.1. The highest BCUT2D eigenvalue weighted by atomic mass is 79.9. The number of benzene rings is 1. The third-order valence-electron chi connectivity index (χ3n) is 3.53. The first-order valence-electron chi connectivity index (χ1n) is 7.65. The fourth-order valence-electron chi connectivity index (χ4n) is 2.35. The number of hydrogen-bond donors (Lipinski definition) is 0. The Morgan fingerprint density at radius 3 is 2.43 bits per heavy atom. The molecule has 3 nitrogen and oxygen atoms in total. The highest BCUT2D eigenvalue weighted by molar-refractivity contribution is 9.10. The molecule has 1 aromatic heterocycles. The molecule has 0 aliphatic heterocycles. The van der Waals surface area contributed by atoms with Gasteiger partial charge in [0.2, 0.25) is 0 Å². The molecule has 0 aliphatic rings. The minimum atomic E-state index is 0.536. The van der Waals surface area contributed by atoms with Crippen LogP contribution in [0, 0.1) is 0 Å². The average molecular weight is 351 g/mol. The third-order valence-corrected chi connectivity index (χ3v) is 4.45. The zero-order valence-electron chi connectivity index (χ0n) is 13.0. The summed E-state index contributed by atoms with van der Waals surface area (Å²) in [5.41, 5.74) is 3.55. The summed E-state index contributed by atoms with van der Waals surface area (Å²) in [6.07, 6.45) is 3.21. The van der Waals surface area contributed by atoms with Gasteiger partial charge in [-0.3, -0.25) is 4.68 Å². The first-order valence-corrected chi connectivity index (χ1v) is 8.44. The van der Waals surface area contributed by atoms with Gasteiger partial charge in [-0.1, -0.05) is 32.4 Å². The van der Waals surface area contributed by atoms with Crippen LogP contribution < -0.4 is 4.74 Å². The molecule has 0 saturated heterocycles. The average Bonchev–Trinajstić information content (AvgIpc) is 2.82. The Hall–Kier alpha value is -1.29. The number of aryl methyl sites for hydroxylation is 3. The normalized spacial score (nSPS) is 10.9. The van der Waals surface area contributed by atoms with Crippen molar-refractivity contribution in [2.75, 3.05) is 0 Å². The molecule has 2 rings (SSSR count). The zero-order valence-corrected chi connectivity index (χ0v) is 14.6. The lowest BCUT2D eigenvalue weighted by molar-refractivity contribution is 0.291. The van der Waals surface area contributed by atoms with E-state index in [4.69, 9.17) is 4.74 Å². The van der Waals surface area contributed by atoms with E-state index >= 15 is 0 Å². The van der Waals surface area contributed by atoms with Crippen LogP contribution in [0.15, 0.2) is 28.7 Å². The van der Waals surface area contributed by atoms with Crippen LogP contribution in [0.2, 0.25) is 0 Å². The van der Waals surface area contributed by atoms with Crippen LogP contribution in [-0.2, 0) is 26.0 Å². The molecule has 1 aromatic carbocycles. The number of aromatic nitrogens is 2. The topological polar surface area (TPSA) is 27.1 Å². The summed E-state index contributed by atoms with van der Waals surface area (Å²) < 4.78 is 9.00. The van der Waals surface area contributed by atoms with E-state index < -0.39 is 0 Å². The van der Waals surface area contributed by atoms with E-state index in [1.807, 2.05) is 16.8 Å². The molecule has 0 fully saturated rings. The largest absolute Gasteiger partial charge is 0.487 e. The van der Waals surface area contributed by atoms with Crippen molar-refractivity contribution in [3.63, 3.8) is 0 Å². The number of ether oxygens (including phenoxy) is 1. The molecule has 0 bridgehead atoms. The number of halogens is 1. The molecule has 0 radical (unpaired) electrons. The van der Waals surface area contributed by atoms with Gasteiger partial charge in [-0.15, -0.1) is 0 Å². The standard InChI is InChI=1S/C17H23BrN2O/c1-4-7-13-8-10-14(11-9-13)21-12-16-17(18)15(5-2)19-20(16)6-3/h8-11H,4-7,12H2,1-3H3. The van der Waals surface area contributed by atoms with E-state index in [1.165, 1.54) is 12.0 Å². The van der Waals surface area contributed by atoms with E-state index in [2.05, 4.69) is 53.9 Å². The van der Waals surface area contributed by atoms with Gasteiger partial charge in [-0.05, 0) is 53.4 Å². The highest BCUT2D eigenvalue weighted by Crippen LogP contribution is 2.24. The molecule has 0 saturated carbocycles. The molecule has 0 amide bonds. The Balaban J connectivity index is 2.07. The van der Waals surface area contributed by atoms with Crippen LogP contribution in [0.25, 0.3) is 0 Å². The summed E-state index contributed by atoms with van der Waals surface area (Å²) in [5.74, 6) is 0.906. The van der Waals surface area contributed by atoms with Gasteiger partial charge in [0.25, 0.3) is 0 Å². The Morgan fingerprint density at radius 1 is 1.14 bits per heavy atom. The lowest BCUT2D eigenvalue weighted by Crippen LogP contribution is -2.06. The van der Waals surface area contributed by atoms with E-state index in [1.54, 1.807) is 0 Å². The number of rotatable bonds is 7. The van der Waals surface area contributed by atoms with Crippen molar-refractivity contribution in [2.45, 2.75) is 53.2 Å². The van der Waals surface area contributed by atoms with Gasteiger partial charge in [0, 0.05) is 6.54 Å². The van der Waals surface area contributed by atoms with E-state index in [0.29, 0.717) is 6.61 Å². The quantitative estimate of drug-likeness (QED) is 0.719. The molecule has 0 N–H and O–H groups in total. The molecular formula is C17H23BrN2O. The van der Waals surface area contributed by atoms with Crippen molar-refractivity contribution in [1.29, 1.82) is 0 Å². The fourth-order valence-corrected chi connectivity index (χ4v) is 3.03. The molecule has 1 heterocycles. The number of hydrogen-bond acceptors (Lipinski definition) is 2. The summed E-state index contributed by atoms with van der Waals surface area (Å²) in [6, 6.07) is 8.38. The maximum Gasteiger partial charge on any atom is 0.131 e. The summed E-state index contributed by atoms with van der Waals surface area (Å²) in [5, 5.41) is 4.59. The summed E-state index contributed by atoms with van der Waals surface area (Å²) in [4.78, 5) is 0. The van der Waals surface area contributed by atoms with Crippen LogP contribution >= 0.6 is 15.9 Å². The molecule has 2 aromatic rings. The van der Waals surface area contributed by atoms with Crippen molar-refractivity contribution >= 4 is 15.9 Å². The highest BCUT2D eigenvalue weighted by Gasteiger charge is 2.14. The lowest BCUT2D eigenvalue weighted by Gasteiger charge is -2.09. The minimum Gasteiger partial charge on any atom is -0.487 e. The molecule has 4 heteroatoms. The fraction of sp³-hybridized carbons (Fsp3) is 0.471. The van der Waals surface area contributed by atoms with Crippen molar-refractivity contribution in [3.8, 4) is 5.75 Å². The van der Waals surface area contributed by atoms with E-state index in [0.717, 1.165) is 41.0 Å². The molecule has 0 unspecified atom stereocenters. The third kappa shape index (κ3) is 3.88. The summed E-state index contributed by atoms with van der Waals surface area (Å²) in [6.45, 7) is 7.80. The van der Waals surface area contributed by atoms with Crippen LogP contribution in [0.1, 0.15) is 44.1 Å². The second kappa shape index (κ2) is 7.64. The van der Waals surface area contributed by atoms with Gasteiger partial charge < -0.3 is 4.74 Å². The maximum atomic E-state index is 5.92. The van der Waals surface area contributed by atoms with E-state index in [9.17, 15) is 0 Å². The predicted molar refractivity (Wildman–Crippen MR) is 89.7 cm³/mol. The Bertz CT molecular complexity index is 575. The predicted octanol–water partition coefficient (Wildman–Crippen LogP) is 4.76. The van der Waals surface area contributed by atoms with Gasteiger partial charge in [0.15, 0.2) is 0 Å². The van der Waals surface area contributed by atoms with Crippen LogP contribution in [-0.4, -0.2) is 9.78 Å². The molecule has 0 spiro atoms. The molecule has 0 aliphatic carbocycles. The van der Waals surface area contributed by atoms with E-state index in [-0.39, 0.29) is 0 Å². The van der Waals surface area contributed by atoms with Gasteiger partial charge in [0.05, 0.1) is 15.9 Å². The monoisotopic (exact) mass is 350 g/mol. The van der Waals surface area contributed by atoms with Crippen LogP contribution in [0.4, 0.5) is 0 Å². The summed E-state index contributed by atoms with van der Waals surface area (Å²) >= 11 is 3.65. The molecular weight excluding hydrogens is 328 g/mol. The maximum absolute atomic E-state index is 5.92. The van der Waals surface area contributed by atoms with Crippen LogP contribution in [0.3, 0.4) is 0 Å². The zero-order chi connectivity index (χ0) is 15.2. The van der Waals surface area contributed by atoms with Crippen LogP contribution in [0.5, 0.6) is 5.75 Å². The van der Waals surface area contributed by atoms with Gasteiger partial charge in [-0.25, -0.2) is 0 Å². The van der Waals surface area contributed by atoms with Crippen molar-refractivity contribution in [1.82, 2.24) is 9.78 Å². The Morgan fingerprint density at radius 2 is 1.86 bits per heavy atom. The first kappa shape index (κ1) is 16.1. The second-order valence-electron chi connectivity index (χ2n) is 5.06. The van der Waals surface area contributed by atoms with Crippen molar-refractivity contribution < 1.29 is 4.74 Å². The van der Waals surface area contributed by atoms with Gasteiger partial charge in [-0.2, -0.15) is 5.10 Å². The Kier molecular flexibility index (Phi) is 5.85.